The van der Waals surface area contributed by atoms with Crippen molar-refractivity contribution in [3.63, 3.8) is 0 Å². The number of hydrogen-bond acceptors (Lipinski definition) is 15. The number of halogens is 7. The Morgan fingerprint density at radius 1 is 0.771 bits per heavy atom. The van der Waals surface area contributed by atoms with Crippen molar-refractivity contribution in [2.45, 2.75) is 165 Å². The molecule has 8 N–H and O–H groups in total. The number of alkyl halides is 6. The van der Waals surface area contributed by atoms with Crippen LogP contribution in [0.15, 0.2) is 61.6 Å². The Balaban J connectivity index is 0.784. The van der Waals surface area contributed by atoms with Crippen molar-refractivity contribution in [1.82, 2.24) is 63.8 Å². The number of nitrogen functional groups attached to an aromatic ring is 2. The molecule has 1 aliphatic heterocycles. The molecule has 0 radical (unpaired) electrons. The van der Waals surface area contributed by atoms with Gasteiger partial charge in [0.25, 0.3) is 0 Å². The number of aliphatic hydroxyl groups excluding tert-OH is 2. The molecule has 3 aliphatic carbocycles. The minimum Gasteiger partial charge on any atom is -0.391 e. The second kappa shape index (κ2) is 22.0. The molecule has 8 aromatic rings. The van der Waals surface area contributed by atoms with E-state index < -0.39 is 72.4 Å². The number of nitrogens with one attached hydrogen (secondary N) is 2. The van der Waals surface area contributed by atoms with E-state index in [9.17, 15) is 36.6 Å². The van der Waals surface area contributed by atoms with Crippen LogP contribution in [0.2, 0.25) is 5.02 Å². The average molecular weight is 1180 g/mol. The Hall–Kier alpha value is -6.22. The van der Waals surface area contributed by atoms with Gasteiger partial charge in [0.2, 0.25) is 0 Å². The first-order valence-corrected chi connectivity index (χ1v) is 28.8. The third-order valence-corrected chi connectivity index (χ3v) is 18.2. The van der Waals surface area contributed by atoms with Crippen molar-refractivity contribution in [2.24, 2.45) is 17.8 Å². The van der Waals surface area contributed by atoms with E-state index in [4.69, 9.17) is 37.5 Å². The predicted octanol–water partition coefficient (Wildman–Crippen LogP) is 9.45. The highest BCUT2D eigenvalue weighted by molar-refractivity contribution is 6.32. The number of aryl methyl sites for hydroxylation is 2. The van der Waals surface area contributed by atoms with E-state index in [2.05, 4.69) is 77.7 Å². The standard InChI is InChI=1S/C57H68ClF6N15O4/c1-28(78(22-31-17-42(43(80)18-31)77-12-11-35-50(65)67-25-69-52(35)77)34-15-30(16-34)6-10-46-74-40-20-36(57(62,63)64)37(58)21-41(40)75-46)82-49-44(83-54(48(49)81)79-27-71-47-51(66)68-26-70-53(47)79)23-76(24-56(59,60)61)33-13-29(14-33)5-9-45-72-38-8-7-32(55(2,3)4)19-39(38)73-45/h7-8,11-12,19-21,25-31,33-34,42-44,48-49,54,80-81H,5-6,9-10,13-18,22-24H2,1-4H3,(H,72,73)(H,74,75)(H2,65,67,69)(H2,66,68,70). The molecule has 12 rings (SSSR count). The van der Waals surface area contributed by atoms with Crippen molar-refractivity contribution >= 4 is 67.5 Å². The number of aromatic amines is 2. The minimum atomic E-state index is -4.63. The lowest BCUT2D eigenvalue weighted by atomic mass is 9.76. The maximum absolute atomic E-state index is 14.7. The van der Waals surface area contributed by atoms with Gasteiger partial charge in [-0.15, -0.1) is 0 Å². The van der Waals surface area contributed by atoms with Crippen LogP contribution in [-0.4, -0.2) is 143 Å². The maximum Gasteiger partial charge on any atom is 0.417 e. The Morgan fingerprint density at radius 3 is 2.12 bits per heavy atom. The minimum absolute atomic E-state index is 0.0346. The van der Waals surface area contributed by atoms with Gasteiger partial charge < -0.3 is 45.7 Å². The van der Waals surface area contributed by atoms with E-state index in [0.29, 0.717) is 92.5 Å². The lowest BCUT2D eigenvalue weighted by Gasteiger charge is -2.47. The summed E-state index contributed by atoms with van der Waals surface area (Å²) < 4.78 is 102. The van der Waals surface area contributed by atoms with Gasteiger partial charge in [-0.25, -0.2) is 34.9 Å². The summed E-state index contributed by atoms with van der Waals surface area (Å²) in [6.45, 7) is 7.39. The Labute approximate surface area is 478 Å². The predicted molar refractivity (Wildman–Crippen MR) is 299 cm³/mol. The number of aliphatic hydroxyl groups is 2. The molecule has 4 aliphatic rings. The lowest BCUT2D eigenvalue weighted by molar-refractivity contribution is -0.175. The molecule has 0 spiro atoms. The van der Waals surface area contributed by atoms with Crippen molar-refractivity contribution in [1.29, 1.82) is 0 Å². The van der Waals surface area contributed by atoms with E-state index in [0.717, 1.165) is 29.3 Å². The quantitative estimate of drug-likeness (QED) is 0.0346. The fraction of sp³-hybridized carbons (Fsp3) is 0.561. The van der Waals surface area contributed by atoms with Crippen molar-refractivity contribution in [2.75, 3.05) is 31.1 Å². The smallest absolute Gasteiger partial charge is 0.391 e. The van der Waals surface area contributed by atoms with Gasteiger partial charge in [0.15, 0.2) is 17.7 Å². The fourth-order valence-corrected chi connectivity index (χ4v) is 13.6. The zero-order chi connectivity index (χ0) is 58.4. The van der Waals surface area contributed by atoms with Gasteiger partial charge in [-0.3, -0.25) is 14.4 Å². The number of aromatic nitrogens is 11. The summed E-state index contributed by atoms with van der Waals surface area (Å²) in [6, 6.07) is 9.43. The number of benzene rings is 2. The van der Waals surface area contributed by atoms with Crippen LogP contribution in [0.25, 0.3) is 44.3 Å². The largest absolute Gasteiger partial charge is 0.417 e. The summed E-state index contributed by atoms with van der Waals surface area (Å²) in [6.07, 6.45) is -3.51. The third kappa shape index (κ3) is 11.7. The maximum atomic E-state index is 14.7. The zero-order valence-corrected chi connectivity index (χ0v) is 47.1. The second-order valence-electron chi connectivity index (χ2n) is 24.5. The summed E-state index contributed by atoms with van der Waals surface area (Å²) in [5.74, 6) is 2.10. The number of nitrogens with two attached hydrogens (primary N) is 2. The third-order valence-electron chi connectivity index (χ3n) is 17.9. The molecule has 6 aromatic heterocycles. The first-order chi connectivity index (χ1) is 39.4. The summed E-state index contributed by atoms with van der Waals surface area (Å²) >= 11 is 6.01. The SMILES string of the molecule is CC(OC1C(CN(CC(F)(F)F)C2CC(CCc3nc4ccc(C(C)(C)C)cc4[nH]3)C2)OC(n2cnc3c(N)ncnc32)C1O)N(CC1CC(O)C(n2ccc3c(N)ncnc32)C1)C1CC(CCc2nc3cc(Cl)c(C(F)(F)F)cc3[nH]2)C1. The fourth-order valence-electron chi connectivity index (χ4n) is 13.3. The summed E-state index contributed by atoms with van der Waals surface area (Å²) in [5.41, 5.74) is 16.1. The normalized spacial score (nSPS) is 26.6. The molecule has 3 saturated carbocycles. The van der Waals surface area contributed by atoms with Crippen LogP contribution in [0.4, 0.5) is 38.0 Å². The number of fused-ring (bicyclic) bond motifs is 4. The van der Waals surface area contributed by atoms with Crippen molar-refractivity contribution in [3.05, 3.63) is 89.4 Å². The van der Waals surface area contributed by atoms with Gasteiger partial charge in [-0.05, 0) is 117 Å². The van der Waals surface area contributed by atoms with Crippen LogP contribution in [0.3, 0.4) is 0 Å². The molecular formula is C57H68ClF6N15O4. The van der Waals surface area contributed by atoms with Gasteiger partial charge in [0, 0.05) is 44.2 Å². The Bertz CT molecular complexity index is 3630. The molecule has 0 amide bonds. The van der Waals surface area contributed by atoms with Crippen LogP contribution >= 0.6 is 11.6 Å². The van der Waals surface area contributed by atoms with E-state index in [1.807, 2.05) is 29.8 Å². The van der Waals surface area contributed by atoms with Crippen LogP contribution in [0, 0.1) is 17.8 Å². The molecule has 8 unspecified atom stereocenters. The van der Waals surface area contributed by atoms with Gasteiger partial charge in [0.05, 0.1) is 63.1 Å². The van der Waals surface area contributed by atoms with Gasteiger partial charge in [0.1, 0.15) is 65.8 Å². The molecular weight excluding hydrogens is 1110 g/mol. The molecule has 83 heavy (non-hydrogen) atoms. The number of imidazole rings is 3. The topological polar surface area (TPSA) is 249 Å². The summed E-state index contributed by atoms with van der Waals surface area (Å²) in [5, 5.41) is 24.4. The first-order valence-electron chi connectivity index (χ1n) is 28.4. The Kier molecular flexibility index (Phi) is 15.2. The molecule has 8 atom stereocenters. The zero-order valence-electron chi connectivity index (χ0n) is 46.3. The molecule has 1 saturated heterocycles. The van der Waals surface area contributed by atoms with Gasteiger partial charge >= 0.3 is 12.4 Å². The molecule has 444 valence electrons. The van der Waals surface area contributed by atoms with Crippen molar-refractivity contribution in [3.8, 4) is 0 Å². The van der Waals surface area contributed by atoms with Crippen LogP contribution < -0.4 is 11.5 Å². The Morgan fingerprint density at radius 2 is 1.43 bits per heavy atom. The number of rotatable bonds is 18. The van der Waals surface area contributed by atoms with Gasteiger partial charge in [-0.2, -0.15) is 26.3 Å². The highest BCUT2D eigenvalue weighted by Crippen LogP contribution is 2.45. The summed E-state index contributed by atoms with van der Waals surface area (Å²) in [4.78, 5) is 41.0. The van der Waals surface area contributed by atoms with E-state index in [-0.39, 0.29) is 64.3 Å². The van der Waals surface area contributed by atoms with Crippen molar-refractivity contribution < 1.29 is 46.0 Å². The number of H-pyrrole nitrogens is 2. The van der Waals surface area contributed by atoms with Gasteiger partial charge in [-0.1, -0.05) is 38.4 Å². The van der Waals surface area contributed by atoms with Crippen LogP contribution in [0.1, 0.15) is 114 Å². The number of hydrogen-bond donors (Lipinski definition) is 6. The number of nitrogens with zero attached hydrogens (tertiary/aromatic N) is 11. The number of anilines is 2. The lowest BCUT2D eigenvalue weighted by Crippen LogP contribution is -2.55. The molecule has 7 heterocycles. The van der Waals surface area contributed by atoms with E-state index >= 15 is 0 Å². The monoisotopic (exact) mass is 1180 g/mol. The number of ether oxygens (including phenoxy) is 2. The highest BCUT2D eigenvalue weighted by Gasteiger charge is 2.51. The molecule has 26 heteroatoms. The van der Waals surface area contributed by atoms with E-state index in [1.54, 1.807) is 0 Å². The second-order valence-corrected chi connectivity index (χ2v) is 24.9. The summed E-state index contributed by atoms with van der Waals surface area (Å²) in [7, 11) is 0. The molecule has 4 fully saturated rings. The molecule has 0 bridgehead atoms. The van der Waals surface area contributed by atoms with Crippen LogP contribution in [0.5, 0.6) is 0 Å². The first kappa shape index (κ1) is 57.2. The van der Waals surface area contributed by atoms with E-state index in [1.165, 1.54) is 40.1 Å². The van der Waals surface area contributed by atoms with Crippen LogP contribution in [-0.2, 0) is 33.9 Å². The average Bonchev–Trinajstić information content (AvgIpc) is 3.97. The highest BCUT2D eigenvalue weighted by atomic mass is 35.5. The molecule has 19 nitrogen and oxygen atoms in total. The molecule has 2 aromatic carbocycles.